The third-order valence-electron chi connectivity index (χ3n) is 2.58. The van der Waals surface area contributed by atoms with Gasteiger partial charge >= 0.3 is 5.97 Å². The van der Waals surface area contributed by atoms with Crippen molar-refractivity contribution in [2.45, 2.75) is 20.4 Å². The van der Waals surface area contributed by atoms with Crippen LogP contribution in [0.15, 0.2) is 18.5 Å². The van der Waals surface area contributed by atoms with E-state index in [9.17, 15) is 4.79 Å². The molecule has 2 aromatic rings. The first-order valence-corrected chi connectivity index (χ1v) is 7.00. The summed E-state index contributed by atoms with van der Waals surface area (Å²) in [5.74, 6) is 0.0330. The summed E-state index contributed by atoms with van der Waals surface area (Å²) in [6, 6.07) is 1.55. The van der Waals surface area contributed by atoms with Gasteiger partial charge in [-0.25, -0.2) is 14.8 Å². The van der Waals surface area contributed by atoms with E-state index in [1.807, 2.05) is 6.92 Å². The number of anilines is 2. The maximum Gasteiger partial charge on any atom is 0.340 e. The van der Waals surface area contributed by atoms with Gasteiger partial charge in [-0.05, 0) is 19.9 Å². The number of aromatic nitrogens is 2. The summed E-state index contributed by atoms with van der Waals surface area (Å²) in [7, 11) is 0. The standard InChI is InChI=1S/C13H16N4O2S/c1-3-19-13(18)10-4-5-15-12(11(10)14)17-7-9-6-16-8(2)20-9/h4-6H,3,7,14H2,1-2H3,(H,15,17). The molecule has 0 saturated carbocycles. The van der Waals surface area contributed by atoms with Crippen molar-refractivity contribution in [2.75, 3.05) is 17.7 Å². The number of nitrogens with two attached hydrogens (primary N) is 1. The monoisotopic (exact) mass is 292 g/mol. The van der Waals surface area contributed by atoms with Crippen molar-refractivity contribution >= 4 is 28.8 Å². The molecule has 2 rings (SSSR count). The lowest BCUT2D eigenvalue weighted by molar-refractivity contribution is 0.0527. The van der Waals surface area contributed by atoms with Gasteiger partial charge < -0.3 is 15.8 Å². The van der Waals surface area contributed by atoms with E-state index >= 15 is 0 Å². The number of nitrogen functional groups attached to an aromatic ring is 1. The maximum atomic E-state index is 11.7. The number of pyridine rings is 1. The first-order chi connectivity index (χ1) is 9.61. The van der Waals surface area contributed by atoms with Crippen LogP contribution in [0.25, 0.3) is 0 Å². The largest absolute Gasteiger partial charge is 0.462 e. The van der Waals surface area contributed by atoms with E-state index in [2.05, 4.69) is 15.3 Å². The Bertz CT molecular complexity index is 612. The first kappa shape index (κ1) is 14.3. The number of rotatable bonds is 5. The van der Waals surface area contributed by atoms with Crippen molar-refractivity contribution in [3.63, 3.8) is 0 Å². The quantitative estimate of drug-likeness (QED) is 0.821. The number of carbonyl (C=O) groups is 1. The van der Waals surface area contributed by atoms with E-state index in [0.29, 0.717) is 30.2 Å². The first-order valence-electron chi connectivity index (χ1n) is 6.18. The maximum absolute atomic E-state index is 11.7. The number of hydrogen-bond donors (Lipinski definition) is 2. The van der Waals surface area contributed by atoms with E-state index in [1.54, 1.807) is 30.5 Å². The second kappa shape index (κ2) is 6.33. The number of esters is 1. The van der Waals surface area contributed by atoms with Gasteiger partial charge in [-0.3, -0.25) is 0 Å². The Morgan fingerprint density at radius 3 is 2.95 bits per heavy atom. The lowest BCUT2D eigenvalue weighted by Crippen LogP contribution is -2.11. The van der Waals surface area contributed by atoms with Gasteiger partial charge in [0, 0.05) is 17.3 Å². The van der Waals surface area contributed by atoms with Crippen LogP contribution in [0.3, 0.4) is 0 Å². The molecule has 0 spiro atoms. The van der Waals surface area contributed by atoms with Gasteiger partial charge in [0.2, 0.25) is 0 Å². The molecule has 0 fully saturated rings. The summed E-state index contributed by atoms with van der Waals surface area (Å²) in [5, 5.41) is 4.11. The van der Waals surface area contributed by atoms with Crippen LogP contribution in [0.4, 0.5) is 11.5 Å². The lowest BCUT2D eigenvalue weighted by Gasteiger charge is -2.10. The van der Waals surface area contributed by atoms with Gasteiger partial charge in [-0.15, -0.1) is 11.3 Å². The van der Waals surface area contributed by atoms with Crippen LogP contribution in [0.1, 0.15) is 27.2 Å². The highest BCUT2D eigenvalue weighted by atomic mass is 32.1. The van der Waals surface area contributed by atoms with Gasteiger partial charge in [0.1, 0.15) is 5.82 Å². The minimum atomic E-state index is -0.441. The molecule has 0 amide bonds. The molecular formula is C13H16N4O2S. The molecule has 0 unspecified atom stereocenters. The summed E-state index contributed by atoms with van der Waals surface area (Å²) >= 11 is 1.60. The number of aryl methyl sites for hydroxylation is 1. The van der Waals surface area contributed by atoms with Crippen LogP contribution >= 0.6 is 11.3 Å². The number of nitrogens with zero attached hydrogens (tertiary/aromatic N) is 2. The Kier molecular flexibility index (Phi) is 4.52. The average molecular weight is 292 g/mol. The predicted molar refractivity (Wildman–Crippen MR) is 78.8 cm³/mol. The van der Waals surface area contributed by atoms with Crippen molar-refractivity contribution < 1.29 is 9.53 Å². The fourth-order valence-corrected chi connectivity index (χ4v) is 2.39. The molecule has 0 aromatic carbocycles. The SMILES string of the molecule is CCOC(=O)c1ccnc(NCc2cnc(C)s2)c1N. The molecular weight excluding hydrogens is 276 g/mol. The van der Waals surface area contributed by atoms with E-state index in [0.717, 1.165) is 9.88 Å². The van der Waals surface area contributed by atoms with Crippen LogP contribution in [-0.2, 0) is 11.3 Å². The third kappa shape index (κ3) is 3.24. The highest BCUT2D eigenvalue weighted by Crippen LogP contribution is 2.22. The normalized spacial score (nSPS) is 10.3. The summed E-state index contributed by atoms with van der Waals surface area (Å²) < 4.78 is 4.95. The van der Waals surface area contributed by atoms with Crippen molar-refractivity contribution in [3.8, 4) is 0 Å². The fourth-order valence-electron chi connectivity index (χ4n) is 1.66. The van der Waals surface area contributed by atoms with E-state index in [1.165, 1.54) is 6.20 Å². The molecule has 0 atom stereocenters. The molecule has 0 aliphatic heterocycles. The molecule has 2 heterocycles. The minimum Gasteiger partial charge on any atom is -0.462 e. The molecule has 0 aliphatic rings. The van der Waals surface area contributed by atoms with Gasteiger partial charge in [0.25, 0.3) is 0 Å². The minimum absolute atomic E-state index is 0.298. The summed E-state index contributed by atoms with van der Waals surface area (Å²) in [6.45, 7) is 4.57. The Balaban J connectivity index is 2.12. The van der Waals surface area contributed by atoms with Gasteiger partial charge in [-0.1, -0.05) is 0 Å². The third-order valence-corrected chi connectivity index (χ3v) is 3.50. The van der Waals surface area contributed by atoms with Crippen molar-refractivity contribution in [1.82, 2.24) is 9.97 Å². The van der Waals surface area contributed by atoms with Crippen LogP contribution in [-0.4, -0.2) is 22.5 Å². The topological polar surface area (TPSA) is 90.1 Å². The zero-order valence-corrected chi connectivity index (χ0v) is 12.2. The second-order valence-electron chi connectivity index (χ2n) is 4.04. The van der Waals surface area contributed by atoms with Crippen LogP contribution in [0.2, 0.25) is 0 Å². The molecule has 2 aromatic heterocycles. The second-order valence-corrected chi connectivity index (χ2v) is 5.36. The van der Waals surface area contributed by atoms with Crippen LogP contribution < -0.4 is 11.1 Å². The highest BCUT2D eigenvalue weighted by Gasteiger charge is 2.14. The zero-order chi connectivity index (χ0) is 14.5. The summed E-state index contributed by atoms with van der Waals surface area (Å²) in [5.41, 5.74) is 6.57. The molecule has 6 nitrogen and oxygen atoms in total. The summed E-state index contributed by atoms with van der Waals surface area (Å²) in [4.78, 5) is 21.1. The smallest absolute Gasteiger partial charge is 0.340 e. The molecule has 0 aliphatic carbocycles. The molecule has 0 radical (unpaired) electrons. The Hall–Kier alpha value is -2.15. The van der Waals surface area contributed by atoms with Crippen LogP contribution in [0.5, 0.6) is 0 Å². The lowest BCUT2D eigenvalue weighted by atomic mass is 10.2. The zero-order valence-electron chi connectivity index (χ0n) is 11.3. The number of thiazole rings is 1. The number of ether oxygens (including phenoxy) is 1. The molecule has 106 valence electrons. The van der Waals surface area contributed by atoms with E-state index in [4.69, 9.17) is 10.5 Å². The van der Waals surface area contributed by atoms with Crippen molar-refractivity contribution in [2.24, 2.45) is 0 Å². The summed E-state index contributed by atoms with van der Waals surface area (Å²) in [6.07, 6.45) is 3.33. The number of nitrogens with one attached hydrogen (secondary N) is 1. The van der Waals surface area contributed by atoms with Crippen LogP contribution in [0, 0.1) is 6.92 Å². The van der Waals surface area contributed by atoms with Gasteiger partial charge in [0.05, 0.1) is 29.4 Å². The van der Waals surface area contributed by atoms with E-state index in [-0.39, 0.29) is 0 Å². The van der Waals surface area contributed by atoms with Gasteiger partial charge in [-0.2, -0.15) is 0 Å². The number of hydrogen-bond acceptors (Lipinski definition) is 7. The molecule has 0 bridgehead atoms. The molecule has 3 N–H and O–H groups in total. The molecule has 0 saturated heterocycles. The van der Waals surface area contributed by atoms with Crippen molar-refractivity contribution in [3.05, 3.63) is 33.9 Å². The van der Waals surface area contributed by atoms with E-state index < -0.39 is 5.97 Å². The van der Waals surface area contributed by atoms with Crippen molar-refractivity contribution in [1.29, 1.82) is 0 Å². The Labute approximate surface area is 121 Å². The van der Waals surface area contributed by atoms with Gasteiger partial charge in [0.15, 0.2) is 0 Å². The molecule has 20 heavy (non-hydrogen) atoms. The Morgan fingerprint density at radius 2 is 2.30 bits per heavy atom. The highest BCUT2D eigenvalue weighted by molar-refractivity contribution is 7.11. The predicted octanol–water partition coefficient (Wildman–Crippen LogP) is 2.22. The Morgan fingerprint density at radius 1 is 1.50 bits per heavy atom. The fraction of sp³-hybridized carbons (Fsp3) is 0.308. The number of carbonyl (C=O) groups excluding carboxylic acids is 1. The average Bonchev–Trinajstić information content (AvgIpc) is 2.83. The molecule has 7 heteroatoms.